The van der Waals surface area contributed by atoms with Gasteiger partial charge >= 0.3 is 5.97 Å². The maximum Gasteiger partial charge on any atom is 0.328 e. The Morgan fingerprint density at radius 1 is 1.16 bits per heavy atom. The third kappa shape index (κ3) is 6.88. The predicted octanol–water partition coefficient (Wildman–Crippen LogP) is -1.71. The van der Waals surface area contributed by atoms with E-state index < -0.39 is 42.0 Å². The van der Waals surface area contributed by atoms with Crippen LogP contribution >= 0.6 is 0 Å². The first-order valence-corrected chi connectivity index (χ1v) is 11.0. The molecule has 0 saturated carbocycles. The van der Waals surface area contributed by atoms with Gasteiger partial charge in [-0.3, -0.25) is 14.4 Å². The third-order valence-electron chi connectivity index (χ3n) is 5.82. The number of carboxylic acids is 1. The molecule has 0 aromatic carbocycles. The quantitative estimate of drug-likeness (QED) is 0.206. The van der Waals surface area contributed by atoms with Crippen molar-refractivity contribution in [1.82, 2.24) is 20.9 Å². The molecular weight excluding hydrogens is 406 g/mol. The van der Waals surface area contributed by atoms with Crippen LogP contribution in [0.15, 0.2) is 0 Å². The van der Waals surface area contributed by atoms with Gasteiger partial charge in [0.15, 0.2) is 6.04 Å². The number of hydrogen-bond donors (Lipinski definition) is 6. The minimum Gasteiger partial charge on any atom is -0.480 e. The van der Waals surface area contributed by atoms with Gasteiger partial charge in [0.2, 0.25) is 17.7 Å². The highest BCUT2D eigenvalue weighted by Gasteiger charge is 2.39. The number of nitrogens with zero attached hydrogens (tertiary/aromatic N) is 1. The molecule has 2 fully saturated rings. The second-order valence-corrected chi connectivity index (χ2v) is 8.25. The summed E-state index contributed by atoms with van der Waals surface area (Å²) in [6.45, 7) is 2.95. The van der Waals surface area contributed by atoms with Crippen molar-refractivity contribution in [1.29, 1.82) is 0 Å². The zero-order valence-corrected chi connectivity index (χ0v) is 18.0. The fraction of sp³-hybridized carbons (Fsp3) is 0.800. The molecule has 5 unspecified atom stereocenters. The monoisotopic (exact) mass is 441 g/mol. The molecule has 2 aliphatic rings. The molecular formula is C20H35N5O6. The van der Waals surface area contributed by atoms with Gasteiger partial charge in [-0.15, -0.1) is 0 Å². The number of aliphatic hydroxyl groups is 1. The van der Waals surface area contributed by atoms with E-state index in [1.165, 1.54) is 6.92 Å². The molecule has 0 aromatic heterocycles. The summed E-state index contributed by atoms with van der Waals surface area (Å²) < 4.78 is 0. The van der Waals surface area contributed by atoms with Gasteiger partial charge in [0.1, 0.15) is 12.1 Å². The van der Waals surface area contributed by atoms with Crippen LogP contribution in [0.1, 0.15) is 51.9 Å². The number of rotatable bonds is 11. The summed E-state index contributed by atoms with van der Waals surface area (Å²) in [5.41, 5.74) is 5.51. The topological polar surface area (TPSA) is 174 Å². The fourth-order valence-corrected chi connectivity index (χ4v) is 4.07. The van der Waals surface area contributed by atoms with E-state index in [0.29, 0.717) is 38.8 Å². The van der Waals surface area contributed by atoms with Crippen molar-refractivity contribution in [2.45, 2.75) is 82.1 Å². The van der Waals surface area contributed by atoms with E-state index in [4.69, 9.17) is 5.73 Å². The van der Waals surface area contributed by atoms with E-state index in [-0.39, 0.29) is 18.4 Å². The maximum absolute atomic E-state index is 13.0. The highest BCUT2D eigenvalue weighted by atomic mass is 16.4. The average Bonchev–Trinajstić information content (AvgIpc) is 3.42. The van der Waals surface area contributed by atoms with Crippen LogP contribution in [-0.2, 0) is 19.2 Å². The van der Waals surface area contributed by atoms with Gasteiger partial charge in [-0.1, -0.05) is 0 Å². The number of aliphatic carboxylic acids is 1. The first-order chi connectivity index (χ1) is 14.8. The molecule has 0 spiro atoms. The molecule has 2 rings (SSSR count). The van der Waals surface area contributed by atoms with Crippen LogP contribution in [0.3, 0.4) is 0 Å². The Balaban J connectivity index is 2.05. The molecule has 5 atom stereocenters. The van der Waals surface area contributed by atoms with Crippen LogP contribution < -0.4 is 21.7 Å². The fourth-order valence-electron chi connectivity index (χ4n) is 4.07. The number of carbonyl (C=O) groups is 4. The number of hydrogen-bond acceptors (Lipinski definition) is 7. The smallest absolute Gasteiger partial charge is 0.328 e. The molecule has 2 heterocycles. The minimum atomic E-state index is -1.49. The normalized spacial score (nSPS) is 23.8. The van der Waals surface area contributed by atoms with Crippen molar-refractivity contribution >= 4 is 23.7 Å². The predicted molar refractivity (Wildman–Crippen MR) is 112 cm³/mol. The lowest BCUT2D eigenvalue weighted by Crippen LogP contribution is -2.57. The van der Waals surface area contributed by atoms with Gasteiger partial charge in [0.25, 0.3) is 0 Å². The van der Waals surface area contributed by atoms with Crippen molar-refractivity contribution in [3.63, 3.8) is 0 Å². The molecule has 0 radical (unpaired) electrons. The molecule has 7 N–H and O–H groups in total. The highest BCUT2D eigenvalue weighted by molar-refractivity contribution is 5.94. The summed E-state index contributed by atoms with van der Waals surface area (Å²) in [7, 11) is 0. The number of carboxylic acid groups (broad SMARTS) is 1. The Morgan fingerprint density at radius 3 is 2.48 bits per heavy atom. The van der Waals surface area contributed by atoms with E-state index >= 15 is 0 Å². The minimum absolute atomic E-state index is 0.0978. The standard InChI is InChI=1S/C20H35N5O6/c1-12(26)16(20(30)31)24-17(27)13(6-2-3-9-21)23-18(28)15-8-5-11-25(15)19(29)14-7-4-10-22-14/h12-16,22,26H,2-11,21H2,1H3,(H,23,28)(H,24,27)(H,30,31). The highest BCUT2D eigenvalue weighted by Crippen LogP contribution is 2.21. The van der Waals surface area contributed by atoms with Gasteiger partial charge in [-0.05, 0) is 65.0 Å². The number of aliphatic hydroxyl groups excluding tert-OH is 1. The van der Waals surface area contributed by atoms with Crippen LogP contribution in [0.2, 0.25) is 0 Å². The number of likely N-dealkylation sites (tertiary alicyclic amines) is 1. The van der Waals surface area contributed by atoms with E-state index in [9.17, 15) is 29.4 Å². The lowest BCUT2D eigenvalue weighted by molar-refractivity contribution is -0.145. The largest absolute Gasteiger partial charge is 0.480 e. The summed E-state index contributed by atoms with van der Waals surface area (Å²) in [5, 5.41) is 27.0. The Labute approximate surface area is 182 Å². The molecule has 11 heteroatoms. The molecule has 2 aliphatic heterocycles. The lowest BCUT2D eigenvalue weighted by Gasteiger charge is -2.29. The number of carbonyl (C=O) groups excluding carboxylic acids is 3. The van der Waals surface area contributed by atoms with Crippen LogP contribution in [0.25, 0.3) is 0 Å². The van der Waals surface area contributed by atoms with Crippen molar-refractivity contribution in [2.24, 2.45) is 5.73 Å². The third-order valence-corrected chi connectivity index (χ3v) is 5.82. The molecule has 0 aliphatic carbocycles. The van der Waals surface area contributed by atoms with Crippen molar-refractivity contribution in [3.8, 4) is 0 Å². The number of nitrogens with two attached hydrogens (primary N) is 1. The van der Waals surface area contributed by atoms with Gasteiger partial charge in [0.05, 0.1) is 12.1 Å². The van der Waals surface area contributed by atoms with Crippen molar-refractivity contribution in [2.75, 3.05) is 19.6 Å². The average molecular weight is 442 g/mol. The lowest BCUT2D eigenvalue weighted by atomic mass is 10.1. The summed E-state index contributed by atoms with van der Waals surface area (Å²) in [4.78, 5) is 51.4. The van der Waals surface area contributed by atoms with Gasteiger partial charge in [-0.2, -0.15) is 0 Å². The summed E-state index contributed by atoms with van der Waals surface area (Å²) >= 11 is 0. The molecule has 31 heavy (non-hydrogen) atoms. The maximum atomic E-state index is 13.0. The van der Waals surface area contributed by atoms with Gasteiger partial charge < -0.3 is 36.8 Å². The Kier molecular flexibility index (Phi) is 9.66. The number of unbranched alkanes of at least 4 members (excludes halogenated alkanes) is 1. The van der Waals surface area contributed by atoms with E-state index in [1.54, 1.807) is 4.90 Å². The molecule has 0 bridgehead atoms. The Hall–Kier alpha value is -2.24. The Bertz CT molecular complexity index is 652. The summed E-state index contributed by atoms with van der Waals surface area (Å²) in [6, 6.07) is -3.41. The zero-order valence-electron chi connectivity index (χ0n) is 18.0. The zero-order chi connectivity index (χ0) is 23.0. The van der Waals surface area contributed by atoms with E-state index in [2.05, 4.69) is 16.0 Å². The van der Waals surface area contributed by atoms with Gasteiger partial charge in [0, 0.05) is 6.54 Å². The van der Waals surface area contributed by atoms with Crippen LogP contribution in [0.4, 0.5) is 0 Å². The van der Waals surface area contributed by atoms with Crippen LogP contribution in [-0.4, -0.2) is 88.7 Å². The molecule has 176 valence electrons. The van der Waals surface area contributed by atoms with E-state index in [1.807, 2.05) is 0 Å². The SMILES string of the molecule is CC(O)C(NC(=O)C(CCCCN)NC(=O)C1CCCN1C(=O)C1CCCN1)C(=O)O. The van der Waals surface area contributed by atoms with E-state index in [0.717, 1.165) is 19.4 Å². The van der Waals surface area contributed by atoms with Gasteiger partial charge in [-0.25, -0.2) is 4.79 Å². The second kappa shape index (κ2) is 12.0. The van der Waals surface area contributed by atoms with Crippen molar-refractivity contribution in [3.05, 3.63) is 0 Å². The second-order valence-electron chi connectivity index (χ2n) is 8.25. The summed E-state index contributed by atoms with van der Waals surface area (Å²) in [5.74, 6) is -2.58. The molecule has 11 nitrogen and oxygen atoms in total. The van der Waals surface area contributed by atoms with Crippen LogP contribution in [0, 0.1) is 0 Å². The molecule has 0 aromatic rings. The molecule has 2 saturated heterocycles. The van der Waals surface area contributed by atoms with Crippen molar-refractivity contribution < 1.29 is 29.4 Å². The molecule has 3 amide bonds. The summed E-state index contributed by atoms with van der Waals surface area (Å²) in [6.07, 6.45) is 3.02. The first kappa shape index (κ1) is 25.0. The first-order valence-electron chi connectivity index (χ1n) is 11.0. The van der Waals surface area contributed by atoms with Crippen LogP contribution in [0.5, 0.6) is 0 Å². The Morgan fingerprint density at radius 2 is 1.90 bits per heavy atom. The number of nitrogens with one attached hydrogen (secondary N) is 3. The number of amides is 3.